The fraction of sp³-hybridized carbons (Fsp3) is 0.857. The predicted octanol–water partition coefficient (Wildman–Crippen LogP) is 1.27. The number of likely N-dealkylation sites (tertiary alicyclic amines) is 1. The Morgan fingerprint density at radius 1 is 1.25 bits per heavy atom. The van der Waals surface area contributed by atoms with Crippen LogP contribution in [0.1, 0.15) is 40.0 Å². The van der Waals surface area contributed by atoms with E-state index in [0.717, 1.165) is 19.6 Å². The summed E-state index contributed by atoms with van der Waals surface area (Å²) >= 11 is 0. The summed E-state index contributed by atoms with van der Waals surface area (Å²) in [7, 11) is 0. The van der Waals surface area contributed by atoms with E-state index in [-0.39, 0.29) is 23.9 Å². The van der Waals surface area contributed by atoms with Gasteiger partial charge in [-0.15, -0.1) is 0 Å². The Bertz CT molecular complexity index is 333. The summed E-state index contributed by atoms with van der Waals surface area (Å²) in [5, 5.41) is 14.5. The molecule has 3 N–H and O–H groups in total. The maximum atomic E-state index is 11.8. The van der Waals surface area contributed by atoms with Gasteiger partial charge in [0, 0.05) is 19.1 Å². The molecule has 0 aromatic rings. The van der Waals surface area contributed by atoms with Gasteiger partial charge in [0.15, 0.2) is 0 Å². The highest BCUT2D eigenvalue weighted by Gasteiger charge is 2.28. The van der Waals surface area contributed by atoms with Crippen molar-refractivity contribution in [3.8, 4) is 0 Å². The van der Waals surface area contributed by atoms with Crippen molar-refractivity contribution >= 4 is 12.0 Å². The van der Waals surface area contributed by atoms with Crippen LogP contribution in [0.4, 0.5) is 4.79 Å². The number of amides is 2. The molecule has 1 aliphatic heterocycles. The van der Waals surface area contributed by atoms with Crippen LogP contribution in [0.3, 0.4) is 0 Å². The van der Waals surface area contributed by atoms with Gasteiger partial charge in [-0.3, -0.25) is 4.79 Å². The van der Waals surface area contributed by atoms with Crippen LogP contribution in [0, 0.1) is 5.41 Å². The number of nitrogens with zero attached hydrogens (tertiary/aromatic N) is 1. The number of carboxylic acid groups (broad SMARTS) is 1. The summed E-state index contributed by atoms with van der Waals surface area (Å²) in [6.07, 6.45) is 2.40. The molecule has 1 atom stereocenters. The minimum absolute atomic E-state index is 0.0664. The number of urea groups is 1. The van der Waals surface area contributed by atoms with Crippen LogP contribution in [0.2, 0.25) is 0 Å². The molecule has 0 saturated carbocycles. The number of nitrogens with one attached hydrogen (secondary N) is 2. The molecule has 0 aliphatic carbocycles. The zero-order chi connectivity index (χ0) is 15.2. The lowest BCUT2D eigenvalue weighted by molar-refractivity contribution is -0.138. The summed E-state index contributed by atoms with van der Waals surface area (Å²) in [4.78, 5) is 25.0. The second kappa shape index (κ2) is 7.47. The van der Waals surface area contributed by atoms with Crippen LogP contribution >= 0.6 is 0 Å². The first-order chi connectivity index (χ1) is 9.29. The summed E-state index contributed by atoms with van der Waals surface area (Å²) in [5.41, 5.74) is -0.287. The monoisotopic (exact) mass is 285 g/mol. The second-order valence-corrected chi connectivity index (χ2v) is 6.47. The molecule has 6 nitrogen and oxygen atoms in total. The van der Waals surface area contributed by atoms with Crippen molar-refractivity contribution in [1.82, 2.24) is 15.5 Å². The number of rotatable bonds is 6. The van der Waals surface area contributed by atoms with Crippen molar-refractivity contribution in [2.24, 2.45) is 5.41 Å². The quantitative estimate of drug-likeness (QED) is 0.686. The highest BCUT2D eigenvalue weighted by Crippen LogP contribution is 2.21. The molecule has 1 unspecified atom stereocenters. The minimum atomic E-state index is -0.901. The van der Waals surface area contributed by atoms with E-state index in [1.54, 1.807) is 0 Å². The number of hydrogen-bond donors (Lipinski definition) is 3. The second-order valence-electron chi connectivity index (χ2n) is 6.47. The highest BCUT2D eigenvalue weighted by atomic mass is 16.4. The molecule has 1 aliphatic rings. The van der Waals surface area contributed by atoms with Crippen LogP contribution in [-0.4, -0.2) is 54.2 Å². The third kappa shape index (κ3) is 6.23. The molecule has 1 rings (SSSR count). The average Bonchev–Trinajstić information content (AvgIpc) is 2.79. The predicted molar refractivity (Wildman–Crippen MR) is 77.7 cm³/mol. The van der Waals surface area contributed by atoms with Gasteiger partial charge in [0.1, 0.15) is 0 Å². The molecular weight excluding hydrogens is 258 g/mol. The molecule has 0 aromatic heterocycles. The molecule has 0 radical (unpaired) electrons. The van der Waals surface area contributed by atoms with E-state index >= 15 is 0 Å². The average molecular weight is 285 g/mol. The molecule has 0 spiro atoms. The lowest BCUT2D eigenvalue weighted by Crippen LogP contribution is -2.50. The van der Waals surface area contributed by atoms with Crippen molar-refractivity contribution in [3.63, 3.8) is 0 Å². The zero-order valence-corrected chi connectivity index (χ0v) is 12.7. The lowest BCUT2D eigenvalue weighted by Gasteiger charge is -2.30. The van der Waals surface area contributed by atoms with E-state index in [4.69, 9.17) is 5.11 Å². The van der Waals surface area contributed by atoms with E-state index in [1.807, 2.05) is 20.8 Å². The van der Waals surface area contributed by atoms with Gasteiger partial charge in [0.05, 0.1) is 6.42 Å². The number of carboxylic acids is 1. The number of carbonyl (C=O) groups is 2. The number of aliphatic carboxylic acids is 1. The Balaban J connectivity index is 2.31. The van der Waals surface area contributed by atoms with Crippen LogP contribution < -0.4 is 10.6 Å². The standard InChI is InChI=1S/C14H27N3O3/c1-14(2,3)11(10-12(18)19)16-13(20)15-6-9-17-7-4-5-8-17/h11H,4-10H2,1-3H3,(H,18,19)(H2,15,16,20). The van der Waals surface area contributed by atoms with Gasteiger partial charge in [-0.2, -0.15) is 0 Å². The van der Waals surface area contributed by atoms with E-state index < -0.39 is 5.97 Å². The smallest absolute Gasteiger partial charge is 0.315 e. The molecule has 0 aromatic carbocycles. The van der Waals surface area contributed by atoms with Gasteiger partial charge in [-0.05, 0) is 31.3 Å². The summed E-state index contributed by atoms with van der Waals surface area (Å²) in [5.74, 6) is -0.901. The molecule has 0 bridgehead atoms. The van der Waals surface area contributed by atoms with Gasteiger partial charge < -0.3 is 20.6 Å². The minimum Gasteiger partial charge on any atom is -0.481 e. The normalized spacial score (nSPS) is 17.8. The fourth-order valence-electron chi connectivity index (χ4n) is 2.29. The van der Waals surface area contributed by atoms with Gasteiger partial charge >= 0.3 is 12.0 Å². The van der Waals surface area contributed by atoms with Crippen LogP contribution in [0.25, 0.3) is 0 Å². The first-order valence-electron chi connectivity index (χ1n) is 7.27. The third-order valence-corrected chi connectivity index (χ3v) is 3.64. The van der Waals surface area contributed by atoms with E-state index in [0.29, 0.717) is 6.54 Å². The van der Waals surface area contributed by atoms with Crippen molar-refractivity contribution in [3.05, 3.63) is 0 Å². The largest absolute Gasteiger partial charge is 0.481 e. The van der Waals surface area contributed by atoms with E-state index in [2.05, 4.69) is 15.5 Å². The maximum Gasteiger partial charge on any atom is 0.315 e. The van der Waals surface area contributed by atoms with Crippen LogP contribution in [0.15, 0.2) is 0 Å². The molecule has 6 heteroatoms. The van der Waals surface area contributed by atoms with E-state index in [1.165, 1.54) is 12.8 Å². The Hall–Kier alpha value is -1.30. The van der Waals surface area contributed by atoms with Crippen LogP contribution in [0.5, 0.6) is 0 Å². The van der Waals surface area contributed by atoms with Crippen molar-refractivity contribution in [2.75, 3.05) is 26.2 Å². The van der Waals surface area contributed by atoms with Gasteiger partial charge in [-0.1, -0.05) is 20.8 Å². The maximum absolute atomic E-state index is 11.8. The van der Waals surface area contributed by atoms with Gasteiger partial charge in [0.25, 0.3) is 0 Å². The van der Waals surface area contributed by atoms with Crippen LogP contribution in [-0.2, 0) is 4.79 Å². The first-order valence-corrected chi connectivity index (χ1v) is 7.27. The topological polar surface area (TPSA) is 81.7 Å². The fourth-order valence-corrected chi connectivity index (χ4v) is 2.29. The summed E-state index contributed by atoms with van der Waals surface area (Å²) in [6, 6.07) is -0.669. The number of hydrogen-bond acceptors (Lipinski definition) is 3. The SMILES string of the molecule is CC(C)(C)C(CC(=O)O)NC(=O)NCCN1CCCC1. The molecular formula is C14H27N3O3. The summed E-state index contributed by atoms with van der Waals surface area (Å²) < 4.78 is 0. The number of carbonyl (C=O) groups excluding carboxylic acids is 1. The Morgan fingerprint density at radius 2 is 1.85 bits per heavy atom. The lowest BCUT2D eigenvalue weighted by atomic mass is 9.85. The van der Waals surface area contributed by atoms with E-state index in [9.17, 15) is 9.59 Å². The zero-order valence-electron chi connectivity index (χ0n) is 12.7. The molecule has 1 saturated heterocycles. The third-order valence-electron chi connectivity index (χ3n) is 3.64. The summed E-state index contributed by atoms with van der Waals surface area (Å²) in [6.45, 7) is 9.42. The highest BCUT2D eigenvalue weighted by molar-refractivity contribution is 5.75. The Labute approximate surface area is 120 Å². The molecule has 1 heterocycles. The van der Waals surface area contributed by atoms with Gasteiger partial charge in [-0.25, -0.2) is 4.79 Å². The van der Waals surface area contributed by atoms with Gasteiger partial charge in [0.2, 0.25) is 0 Å². The van der Waals surface area contributed by atoms with Crippen molar-refractivity contribution in [1.29, 1.82) is 0 Å². The molecule has 1 fully saturated rings. The Morgan fingerprint density at radius 3 is 2.35 bits per heavy atom. The molecule has 20 heavy (non-hydrogen) atoms. The van der Waals surface area contributed by atoms with Crippen molar-refractivity contribution < 1.29 is 14.7 Å². The van der Waals surface area contributed by atoms with Crippen molar-refractivity contribution in [2.45, 2.75) is 46.1 Å². The molecule has 116 valence electrons. The Kier molecular flexibility index (Phi) is 6.26. The molecule has 2 amide bonds. The first kappa shape index (κ1) is 16.8.